The molecule has 1 aliphatic rings. The normalized spacial score (nSPS) is 18.1. The number of H-pyrrole nitrogens is 1. The molecule has 4 heteroatoms. The number of nitrogens with two attached hydrogens (primary N) is 1. The number of benzene rings is 1. The van der Waals surface area contributed by atoms with Crippen molar-refractivity contribution in [3.05, 3.63) is 42.2 Å². The molecule has 3 N–H and O–H groups in total. The van der Waals surface area contributed by atoms with Gasteiger partial charge in [0.15, 0.2) is 0 Å². The van der Waals surface area contributed by atoms with Crippen LogP contribution >= 0.6 is 0 Å². The van der Waals surface area contributed by atoms with Crippen LogP contribution in [0, 0.1) is 0 Å². The molecule has 0 amide bonds. The van der Waals surface area contributed by atoms with Gasteiger partial charge < -0.3 is 10.7 Å². The van der Waals surface area contributed by atoms with Crippen molar-refractivity contribution in [3.8, 4) is 11.4 Å². The Morgan fingerprint density at radius 1 is 1.15 bits per heavy atom. The molecule has 0 bridgehead atoms. The highest BCUT2D eigenvalue weighted by atomic mass is 15.2. The van der Waals surface area contributed by atoms with Crippen LogP contribution in [0.3, 0.4) is 0 Å². The van der Waals surface area contributed by atoms with E-state index in [1.54, 1.807) is 0 Å². The van der Waals surface area contributed by atoms with Gasteiger partial charge in [-0.2, -0.15) is 0 Å². The Labute approximate surface area is 120 Å². The van der Waals surface area contributed by atoms with Gasteiger partial charge in [-0.1, -0.05) is 36.8 Å². The molecule has 1 unspecified atom stereocenters. The molecule has 0 aliphatic carbocycles. The standard InChI is InChI=1S/C16H22N4/c17-11-15(20-9-5-2-6-10-20)14-12-18-16(19-14)13-7-3-1-4-8-13/h1,3-4,7-8,12,15H,2,5-6,9-11,17H2,(H,18,19). The molecular formula is C16H22N4. The first kappa shape index (κ1) is 13.3. The Kier molecular flexibility index (Phi) is 4.14. The highest BCUT2D eigenvalue weighted by Crippen LogP contribution is 2.24. The van der Waals surface area contributed by atoms with Gasteiger partial charge in [-0.25, -0.2) is 4.98 Å². The number of hydrogen-bond donors (Lipinski definition) is 2. The second-order valence-electron chi connectivity index (χ2n) is 5.40. The predicted molar refractivity (Wildman–Crippen MR) is 81.2 cm³/mol. The van der Waals surface area contributed by atoms with Crippen LogP contribution in [0.5, 0.6) is 0 Å². The Bertz CT molecular complexity index is 528. The summed E-state index contributed by atoms with van der Waals surface area (Å²) in [5, 5.41) is 0. The summed E-state index contributed by atoms with van der Waals surface area (Å²) in [6.45, 7) is 2.92. The predicted octanol–water partition coefficient (Wildman–Crippen LogP) is 2.56. The molecule has 1 fully saturated rings. The van der Waals surface area contributed by atoms with E-state index in [-0.39, 0.29) is 6.04 Å². The molecule has 106 valence electrons. The fourth-order valence-corrected chi connectivity index (χ4v) is 2.95. The highest BCUT2D eigenvalue weighted by Gasteiger charge is 2.22. The van der Waals surface area contributed by atoms with Crippen molar-refractivity contribution in [2.75, 3.05) is 19.6 Å². The van der Waals surface area contributed by atoms with Crippen molar-refractivity contribution in [1.29, 1.82) is 0 Å². The van der Waals surface area contributed by atoms with E-state index in [2.05, 4.69) is 27.0 Å². The van der Waals surface area contributed by atoms with Crippen LogP contribution in [0.1, 0.15) is 31.0 Å². The minimum Gasteiger partial charge on any atom is -0.341 e. The van der Waals surface area contributed by atoms with Gasteiger partial charge in [-0.05, 0) is 25.9 Å². The van der Waals surface area contributed by atoms with E-state index in [0.717, 1.165) is 30.2 Å². The van der Waals surface area contributed by atoms with E-state index in [1.807, 2.05) is 24.4 Å². The third-order valence-electron chi connectivity index (χ3n) is 4.06. The van der Waals surface area contributed by atoms with E-state index in [4.69, 9.17) is 5.73 Å². The number of nitrogens with one attached hydrogen (secondary N) is 1. The molecule has 0 radical (unpaired) electrons. The van der Waals surface area contributed by atoms with Crippen LogP contribution in [0.4, 0.5) is 0 Å². The number of nitrogens with zero attached hydrogens (tertiary/aromatic N) is 2. The van der Waals surface area contributed by atoms with E-state index in [1.165, 1.54) is 19.3 Å². The quantitative estimate of drug-likeness (QED) is 0.897. The molecular weight excluding hydrogens is 248 g/mol. The summed E-state index contributed by atoms with van der Waals surface area (Å²) in [7, 11) is 0. The smallest absolute Gasteiger partial charge is 0.137 e. The zero-order valence-corrected chi connectivity index (χ0v) is 11.8. The lowest BCUT2D eigenvalue weighted by atomic mass is 10.1. The SMILES string of the molecule is NCC(c1cnc(-c2ccccc2)[nH]1)N1CCCCC1. The number of aromatic amines is 1. The third-order valence-corrected chi connectivity index (χ3v) is 4.06. The number of piperidine rings is 1. The van der Waals surface area contributed by atoms with Crippen LogP contribution in [-0.2, 0) is 0 Å². The minimum atomic E-state index is 0.264. The van der Waals surface area contributed by atoms with Crippen molar-refractivity contribution in [3.63, 3.8) is 0 Å². The van der Waals surface area contributed by atoms with Gasteiger partial charge in [-0.15, -0.1) is 0 Å². The van der Waals surface area contributed by atoms with Gasteiger partial charge in [0.05, 0.1) is 17.9 Å². The topological polar surface area (TPSA) is 57.9 Å². The zero-order chi connectivity index (χ0) is 13.8. The summed E-state index contributed by atoms with van der Waals surface area (Å²) in [4.78, 5) is 10.4. The summed E-state index contributed by atoms with van der Waals surface area (Å²) in [5.41, 5.74) is 8.25. The third kappa shape index (κ3) is 2.76. The average molecular weight is 270 g/mol. The molecule has 1 aromatic heterocycles. The largest absolute Gasteiger partial charge is 0.341 e. The van der Waals surface area contributed by atoms with Gasteiger partial charge in [0.25, 0.3) is 0 Å². The van der Waals surface area contributed by atoms with Crippen molar-refractivity contribution < 1.29 is 0 Å². The lowest BCUT2D eigenvalue weighted by molar-refractivity contribution is 0.165. The van der Waals surface area contributed by atoms with Crippen molar-refractivity contribution >= 4 is 0 Å². The van der Waals surface area contributed by atoms with Gasteiger partial charge in [0.1, 0.15) is 5.82 Å². The molecule has 2 aromatic rings. The van der Waals surface area contributed by atoms with E-state index in [9.17, 15) is 0 Å². The van der Waals surface area contributed by atoms with E-state index >= 15 is 0 Å². The van der Waals surface area contributed by atoms with Gasteiger partial charge in [-0.3, -0.25) is 4.90 Å². The minimum absolute atomic E-state index is 0.264. The van der Waals surface area contributed by atoms with Crippen LogP contribution in [0.2, 0.25) is 0 Å². The molecule has 1 aromatic carbocycles. The molecule has 1 aliphatic heterocycles. The molecule has 20 heavy (non-hydrogen) atoms. The first-order valence-electron chi connectivity index (χ1n) is 7.43. The second-order valence-corrected chi connectivity index (χ2v) is 5.40. The van der Waals surface area contributed by atoms with Gasteiger partial charge in [0.2, 0.25) is 0 Å². The maximum atomic E-state index is 5.99. The summed E-state index contributed by atoms with van der Waals surface area (Å²) in [6, 6.07) is 10.5. The van der Waals surface area contributed by atoms with Crippen molar-refractivity contribution in [2.24, 2.45) is 5.73 Å². The van der Waals surface area contributed by atoms with Crippen LogP contribution in [0.15, 0.2) is 36.5 Å². The van der Waals surface area contributed by atoms with Crippen molar-refractivity contribution in [2.45, 2.75) is 25.3 Å². The number of imidazole rings is 1. The summed E-state index contributed by atoms with van der Waals surface area (Å²) < 4.78 is 0. The number of aromatic nitrogens is 2. The first-order chi connectivity index (χ1) is 9.88. The van der Waals surface area contributed by atoms with Crippen molar-refractivity contribution in [1.82, 2.24) is 14.9 Å². The molecule has 0 spiro atoms. The Hall–Kier alpha value is -1.65. The summed E-state index contributed by atoms with van der Waals surface area (Å²) >= 11 is 0. The van der Waals surface area contributed by atoms with Gasteiger partial charge in [0, 0.05) is 12.1 Å². The maximum absolute atomic E-state index is 5.99. The van der Waals surface area contributed by atoms with E-state index in [0.29, 0.717) is 6.54 Å². The fraction of sp³-hybridized carbons (Fsp3) is 0.438. The van der Waals surface area contributed by atoms with Crippen LogP contribution < -0.4 is 5.73 Å². The maximum Gasteiger partial charge on any atom is 0.137 e. The Balaban J connectivity index is 1.80. The van der Waals surface area contributed by atoms with Crippen LogP contribution in [-0.4, -0.2) is 34.5 Å². The molecule has 0 saturated carbocycles. The number of likely N-dealkylation sites (tertiary alicyclic amines) is 1. The van der Waals surface area contributed by atoms with E-state index < -0.39 is 0 Å². The average Bonchev–Trinajstić information content (AvgIpc) is 3.00. The lowest BCUT2D eigenvalue weighted by Gasteiger charge is -2.33. The van der Waals surface area contributed by atoms with Gasteiger partial charge >= 0.3 is 0 Å². The zero-order valence-electron chi connectivity index (χ0n) is 11.8. The van der Waals surface area contributed by atoms with Crippen LogP contribution in [0.25, 0.3) is 11.4 Å². The molecule has 1 saturated heterocycles. The second kappa shape index (κ2) is 6.20. The molecule has 2 heterocycles. The fourth-order valence-electron chi connectivity index (χ4n) is 2.95. The number of rotatable bonds is 4. The molecule has 1 atom stereocenters. The molecule has 4 nitrogen and oxygen atoms in total. The first-order valence-corrected chi connectivity index (χ1v) is 7.43. The Morgan fingerprint density at radius 3 is 2.60 bits per heavy atom. The molecule has 3 rings (SSSR count). The Morgan fingerprint density at radius 2 is 1.90 bits per heavy atom. The lowest BCUT2D eigenvalue weighted by Crippen LogP contribution is -2.37. The summed E-state index contributed by atoms with van der Waals surface area (Å²) in [5.74, 6) is 0.927. The monoisotopic (exact) mass is 270 g/mol. The summed E-state index contributed by atoms with van der Waals surface area (Å²) in [6.07, 6.45) is 5.83. The number of hydrogen-bond acceptors (Lipinski definition) is 3. The highest BCUT2D eigenvalue weighted by molar-refractivity contribution is 5.54.